The van der Waals surface area contributed by atoms with Crippen LogP contribution in [-0.4, -0.2) is 20.0 Å². The van der Waals surface area contributed by atoms with Crippen molar-refractivity contribution in [2.24, 2.45) is 5.16 Å². The molecule has 0 spiro atoms. The van der Waals surface area contributed by atoms with Crippen molar-refractivity contribution < 1.29 is 4.84 Å². The van der Waals surface area contributed by atoms with Crippen molar-refractivity contribution >= 4 is 13.8 Å². The summed E-state index contributed by atoms with van der Waals surface area (Å²) in [7, 11) is -1.10. The van der Waals surface area contributed by atoms with Crippen molar-refractivity contribution in [1.82, 2.24) is 0 Å². The average Bonchev–Trinajstić information content (AvgIpc) is 2.09. The lowest BCUT2D eigenvalue weighted by molar-refractivity contribution is 0.184. The molecule has 0 aromatic carbocycles. The molecule has 0 aliphatic rings. The summed E-state index contributed by atoms with van der Waals surface area (Å²) in [6, 6.07) is 0. The van der Waals surface area contributed by atoms with Gasteiger partial charge in [0.25, 0.3) is 0 Å². The molecule has 3 heteroatoms. The third-order valence-corrected chi connectivity index (χ3v) is 2.91. The van der Waals surface area contributed by atoms with Crippen molar-refractivity contribution in [2.45, 2.75) is 59.2 Å². The average molecular weight is 215 g/mol. The van der Waals surface area contributed by atoms with Gasteiger partial charge in [-0.3, -0.25) is 0 Å². The van der Waals surface area contributed by atoms with Crippen LogP contribution in [0.25, 0.3) is 0 Å². The van der Waals surface area contributed by atoms with Gasteiger partial charge in [-0.15, -0.1) is 0 Å². The molecule has 2 nitrogen and oxygen atoms in total. The Labute approximate surface area is 89.7 Å². The van der Waals surface area contributed by atoms with Crippen LogP contribution >= 0.6 is 0 Å². The van der Waals surface area contributed by atoms with Crippen LogP contribution in [0.4, 0.5) is 0 Å². The van der Waals surface area contributed by atoms with Crippen LogP contribution in [0.2, 0.25) is 19.6 Å². The SMILES string of the molecule is CCCC/C(CC)=N/OC[Si](C)(C)C. The lowest BCUT2D eigenvalue weighted by atomic mass is 10.1. The maximum Gasteiger partial charge on any atom is 0.105 e. The second-order valence-electron chi connectivity index (χ2n) is 4.95. The fraction of sp³-hybridized carbons (Fsp3) is 0.909. The van der Waals surface area contributed by atoms with E-state index in [1.807, 2.05) is 0 Å². The Balaban J connectivity index is 3.81. The number of nitrogens with zero attached hydrogens (tertiary/aromatic N) is 1. The summed E-state index contributed by atoms with van der Waals surface area (Å²) < 4.78 is 0. The van der Waals surface area contributed by atoms with E-state index in [2.05, 4.69) is 38.6 Å². The highest BCUT2D eigenvalue weighted by atomic mass is 28.3. The van der Waals surface area contributed by atoms with E-state index in [9.17, 15) is 0 Å². The fourth-order valence-corrected chi connectivity index (χ4v) is 1.44. The zero-order chi connectivity index (χ0) is 11.0. The van der Waals surface area contributed by atoms with Crippen LogP contribution in [0.15, 0.2) is 5.16 Å². The van der Waals surface area contributed by atoms with Gasteiger partial charge in [-0.25, -0.2) is 0 Å². The van der Waals surface area contributed by atoms with Gasteiger partial charge in [-0.05, 0) is 19.3 Å². The maximum atomic E-state index is 5.40. The molecule has 0 amide bonds. The summed E-state index contributed by atoms with van der Waals surface area (Å²) >= 11 is 0. The molecule has 0 fully saturated rings. The van der Waals surface area contributed by atoms with Crippen molar-refractivity contribution in [3.63, 3.8) is 0 Å². The lowest BCUT2D eigenvalue weighted by Gasteiger charge is -2.13. The first-order valence-electron chi connectivity index (χ1n) is 5.67. The van der Waals surface area contributed by atoms with Crippen molar-refractivity contribution in [3.05, 3.63) is 0 Å². The van der Waals surface area contributed by atoms with E-state index >= 15 is 0 Å². The van der Waals surface area contributed by atoms with Gasteiger partial charge in [0, 0.05) is 0 Å². The van der Waals surface area contributed by atoms with Crippen LogP contribution in [0.5, 0.6) is 0 Å². The Morgan fingerprint density at radius 3 is 2.29 bits per heavy atom. The number of hydrogen-bond acceptors (Lipinski definition) is 2. The normalized spacial score (nSPS) is 13.1. The predicted octanol–water partition coefficient (Wildman–Crippen LogP) is 3.84. The monoisotopic (exact) mass is 215 g/mol. The summed E-state index contributed by atoms with van der Waals surface area (Å²) in [5.74, 6) is 0. The zero-order valence-corrected chi connectivity index (χ0v) is 11.4. The molecule has 0 saturated heterocycles. The first-order valence-corrected chi connectivity index (χ1v) is 9.38. The maximum absolute atomic E-state index is 5.40. The van der Waals surface area contributed by atoms with E-state index in [4.69, 9.17) is 4.84 Å². The predicted molar refractivity (Wildman–Crippen MR) is 66.5 cm³/mol. The first kappa shape index (κ1) is 13.7. The van der Waals surface area contributed by atoms with Crippen molar-refractivity contribution in [1.29, 1.82) is 0 Å². The standard InChI is InChI=1S/C11H25NOSi/c1-6-8-9-11(7-2)12-13-10-14(3,4)5/h6-10H2,1-5H3/b12-11+. The van der Waals surface area contributed by atoms with Crippen LogP contribution in [-0.2, 0) is 4.84 Å². The minimum absolute atomic E-state index is 0.836. The van der Waals surface area contributed by atoms with E-state index < -0.39 is 8.07 Å². The molecule has 0 rings (SSSR count). The molecule has 0 radical (unpaired) electrons. The third-order valence-electron chi connectivity index (χ3n) is 1.92. The number of rotatable bonds is 7. The summed E-state index contributed by atoms with van der Waals surface area (Å²) in [5, 5.41) is 4.22. The van der Waals surface area contributed by atoms with Gasteiger partial charge in [-0.1, -0.05) is 45.1 Å². The summed E-state index contributed by atoms with van der Waals surface area (Å²) in [5.41, 5.74) is 1.21. The van der Waals surface area contributed by atoms with E-state index in [0.717, 1.165) is 19.1 Å². The smallest absolute Gasteiger partial charge is 0.105 e. The molecule has 0 aliphatic heterocycles. The molecular weight excluding hydrogens is 190 g/mol. The van der Waals surface area contributed by atoms with Gasteiger partial charge in [0.15, 0.2) is 0 Å². The van der Waals surface area contributed by atoms with E-state index in [0.29, 0.717) is 0 Å². The summed E-state index contributed by atoms with van der Waals surface area (Å²) in [4.78, 5) is 5.40. The Morgan fingerprint density at radius 1 is 1.21 bits per heavy atom. The number of oxime groups is 1. The van der Waals surface area contributed by atoms with E-state index in [-0.39, 0.29) is 0 Å². The molecule has 0 aromatic rings. The molecule has 0 aromatic heterocycles. The fourth-order valence-electron chi connectivity index (χ4n) is 0.985. The highest BCUT2D eigenvalue weighted by Crippen LogP contribution is 2.04. The molecule has 84 valence electrons. The Kier molecular flexibility index (Phi) is 6.88. The van der Waals surface area contributed by atoms with Gasteiger partial charge in [0.1, 0.15) is 6.23 Å². The van der Waals surface area contributed by atoms with Crippen LogP contribution in [0.1, 0.15) is 39.5 Å². The van der Waals surface area contributed by atoms with Crippen LogP contribution < -0.4 is 0 Å². The van der Waals surface area contributed by atoms with E-state index in [1.54, 1.807) is 0 Å². The van der Waals surface area contributed by atoms with Crippen molar-refractivity contribution in [2.75, 3.05) is 6.23 Å². The first-order chi connectivity index (χ1) is 6.49. The van der Waals surface area contributed by atoms with Gasteiger partial charge in [-0.2, -0.15) is 0 Å². The highest BCUT2D eigenvalue weighted by Gasteiger charge is 2.13. The quantitative estimate of drug-likeness (QED) is 0.359. The van der Waals surface area contributed by atoms with Gasteiger partial charge < -0.3 is 4.84 Å². The summed E-state index contributed by atoms with van der Waals surface area (Å²) in [6.45, 7) is 11.2. The Bertz CT molecular complexity index is 173. The Morgan fingerprint density at radius 2 is 1.86 bits per heavy atom. The van der Waals surface area contributed by atoms with Crippen LogP contribution in [0, 0.1) is 0 Å². The largest absolute Gasteiger partial charge is 0.400 e. The van der Waals surface area contributed by atoms with Crippen LogP contribution in [0.3, 0.4) is 0 Å². The molecule has 0 saturated carbocycles. The molecule has 0 unspecified atom stereocenters. The zero-order valence-electron chi connectivity index (χ0n) is 10.4. The molecule has 0 N–H and O–H groups in total. The van der Waals surface area contributed by atoms with Gasteiger partial charge in [0.2, 0.25) is 0 Å². The second kappa shape index (κ2) is 7.04. The third kappa shape index (κ3) is 8.29. The van der Waals surface area contributed by atoms with Gasteiger partial charge >= 0.3 is 0 Å². The number of hydrogen-bond donors (Lipinski definition) is 0. The summed E-state index contributed by atoms with van der Waals surface area (Å²) in [6.07, 6.45) is 5.41. The molecule has 14 heavy (non-hydrogen) atoms. The number of unbranched alkanes of at least 4 members (excludes halogenated alkanes) is 1. The van der Waals surface area contributed by atoms with E-state index in [1.165, 1.54) is 18.6 Å². The molecule has 0 aliphatic carbocycles. The van der Waals surface area contributed by atoms with Crippen molar-refractivity contribution in [3.8, 4) is 0 Å². The highest BCUT2D eigenvalue weighted by molar-refractivity contribution is 6.76. The Hall–Kier alpha value is -0.313. The molecule has 0 heterocycles. The minimum atomic E-state index is -1.10. The lowest BCUT2D eigenvalue weighted by Crippen LogP contribution is -2.27. The topological polar surface area (TPSA) is 21.6 Å². The minimum Gasteiger partial charge on any atom is -0.400 e. The second-order valence-corrected chi connectivity index (χ2v) is 10.4. The molecule has 0 bridgehead atoms. The molecule has 0 atom stereocenters. The molecular formula is C11H25NOSi. The van der Waals surface area contributed by atoms with Gasteiger partial charge in [0.05, 0.1) is 13.8 Å².